The molecule has 1 N–H and O–H groups in total. The van der Waals surface area contributed by atoms with E-state index in [1.54, 1.807) is 37.6 Å². The maximum atomic E-state index is 12.7. The molecule has 0 saturated carbocycles. The molecular weight excluding hydrogens is 394 g/mol. The Morgan fingerprint density at radius 3 is 2.65 bits per heavy atom. The Labute approximate surface area is 180 Å². The number of ether oxygens (including phenoxy) is 2. The highest BCUT2D eigenvalue weighted by molar-refractivity contribution is 5.94. The zero-order valence-corrected chi connectivity index (χ0v) is 17.6. The standard InChI is InChI=1S/C24H25N3O4/c1-3-15-31-22-19(11-7-13-21(22)30-2)16-25-26-23(28)20-12-8-14-27(24(20)29)17-18-9-5-4-6-10-18/h4-14,16H,3,15,17H2,1-2H3,(H,26,28)/b25-16-. The summed E-state index contributed by atoms with van der Waals surface area (Å²) in [5, 5.41) is 4.01. The topological polar surface area (TPSA) is 81.9 Å². The van der Waals surface area contributed by atoms with E-state index >= 15 is 0 Å². The van der Waals surface area contributed by atoms with Crippen molar-refractivity contribution in [2.45, 2.75) is 19.9 Å². The summed E-state index contributed by atoms with van der Waals surface area (Å²) in [6.07, 6.45) is 3.97. The molecular formula is C24H25N3O4. The second-order valence-electron chi connectivity index (χ2n) is 6.77. The minimum absolute atomic E-state index is 0.0173. The smallest absolute Gasteiger partial charge is 0.276 e. The Hall–Kier alpha value is -3.87. The summed E-state index contributed by atoms with van der Waals surface area (Å²) in [5.41, 5.74) is 3.68. The van der Waals surface area contributed by atoms with Crippen LogP contribution in [0.3, 0.4) is 0 Å². The molecule has 160 valence electrons. The minimum atomic E-state index is -0.581. The number of nitrogens with zero attached hydrogens (tertiary/aromatic N) is 2. The van der Waals surface area contributed by atoms with Crippen molar-refractivity contribution < 1.29 is 14.3 Å². The van der Waals surface area contributed by atoms with Gasteiger partial charge in [0.15, 0.2) is 11.5 Å². The molecule has 0 fully saturated rings. The fourth-order valence-corrected chi connectivity index (χ4v) is 2.99. The Kier molecular flexibility index (Phi) is 7.59. The molecule has 7 heteroatoms. The number of amides is 1. The van der Waals surface area contributed by atoms with Gasteiger partial charge in [-0.2, -0.15) is 5.10 Å². The molecule has 1 heterocycles. The van der Waals surface area contributed by atoms with Crippen molar-refractivity contribution in [1.29, 1.82) is 0 Å². The number of carbonyl (C=O) groups excluding carboxylic acids is 1. The molecule has 2 aromatic carbocycles. The SMILES string of the molecule is CCCOc1c(/C=N\NC(=O)c2cccn(Cc3ccccc3)c2=O)cccc1OC. The van der Waals surface area contributed by atoms with Crippen LogP contribution in [0.2, 0.25) is 0 Å². The number of hydrogen-bond donors (Lipinski definition) is 1. The van der Waals surface area contributed by atoms with Crippen LogP contribution < -0.4 is 20.5 Å². The van der Waals surface area contributed by atoms with E-state index in [0.29, 0.717) is 30.2 Å². The van der Waals surface area contributed by atoms with Crippen molar-refractivity contribution in [1.82, 2.24) is 9.99 Å². The fraction of sp³-hybridized carbons (Fsp3) is 0.208. The van der Waals surface area contributed by atoms with Crippen LogP contribution >= 0.6 is 0 Å². The number of para-hydroxylation sites is 1. The summed E-state index contributed by atoms with van der Waals surface area (Å²) in [5.74, 6) is 0.549. The van der Waals surface area contributed by atoms with Crippen LogP contribution in [0.15, 0.2) is 76.8 Å². The first kappa shape index (κ1) is 21.8. The van der Waals surface area contributed by atoms with Gasteiger partial charge in [-0.15, -0.1) is 0 Å². The van der Waals surface area contributed by atoms with E-state index in [0.717, 1.165) is 12.0 Å². The van der Waals surface area contributed by atoms with E-state index in [4.69, 9.17) is 9.47 Å². The van der Waals surface area contributed by atoms with Gasteiger partial charge in [0.2, 0.25) is 0 Å². The van der Waals surface area contributed by atoms with Crippen LogP contribution in [0.1, 0.15) is 34.8 Å². The number of hydrogen-bond acceptors (Lipinski definition) is 5. The largest absolute Gasteiger partial charge is 0.493 e. The number of nitrogens with one attached hydrogen (secondary N) is 1. The van der Waals surface area contributed by atoms with Crippen LogP contribution in [0, 0.1) is 0 Å². The molecule has 0 aliphatic rings. The summed E-state index contributed by atoms with van der Waals surface area (Å²) < 4.78 is 12.6. The van der Waals surface area contributed by atoms with E-state index in [1.807, 2.05) is 37.3 Å². The van der Waals surface area contributed by atoms with Gasteiger partial charge in [0, 0.05) is 11.8 Å². The number of aromatic nitrogens is 1. The zero-order chi connectivity index (χ0) is 22.1. The molecule has 0 atom stereocenters. The van der Waals surface area contributed by atoms with Gasteiger partial charge in [0.25, 0.3) is 11.5 Å². The fourth-order valence-electron chi connectivity index (χ4n) is 2.99. The summed E-state index contributed by atoms with van der Waals surface area (Å²) >= 11 is 0. The summed E-state index contributed by atoms with van der Waals surface area (Å²) in [6.45, 7) is 2.92. The molecule has 0 spiro atoms. The highest BCUT2D eigenvalue weighted by Crippen LogP contribution is 2.30. The highest BCUT2D eigenvalue weighted by Gasteiger charge is 2.12. The lowest BCUT2D eigenvalue weighted by molar-refractivity contribution is 0.0953. The Morgan fingerprint density at radius 1 is 1.10 bits per heavy atom. The number of carbonyl (C=O) groups is 1. The molecule has 3 aromatic rings. The monoisotopic (exact) mass is 419 g/mol. The molecule has 0 aliphatic carbocycles. The Morgan fingerprint density at radius 2 is 1.90 bits per heavy atom. The molecule has 3 rings (SSSR count). The number of methoxy groups -OCH3 is 1. The molecule has 0 saturated heterocycles. The summed E-state index contributed by atoms with van der Waals surface area (Å²) in [4.78, 5) is 25.3. The highest BCUT2D eigenvalue weighted by atomic mass is 16.5. The number of rotatable bonds is 9. The van der Waals surface area contributed by atoms with Gasteiger partial charge < -0.3 is 14.0 Å². The molecule has 1 amide bonds. The van der Waals surface area contributed by atoms with Crippen molar-refractivity contribution in [3.63, 3.8) is 0 Å². The van der Waals surface area contributed by atoms with Gasteiger partial charge in [-0.3, -0.25) is 9.59 Å². The van der Waals surface area contributed by atoms with Crippen molar-refractivity contribution >= 4 is 12.1 Å². The van der Waals surface area contributed by atoms with Crippen LogP contribution in [-0.2, 0) is 6.54 Å². The molecule has 0 aliphatic heterocycles. The third-order valence-electron chi connectivity index (χ3n) is 4.51. The molecule has 0 radical (unpaired) electrons. The zero-order valence-electron chi connectivity index (χ0n) is 17.6. The van der Waals surface area contributed by atoms with Gasteiger partial charge in [-0.05, 0) is 36.2 Å². The number of pyridine rings is 1. The molecule has 31 heavy (non-hydrogen) atoms. The normalized spacial score (nSPS) is 10.8. The van der Waals surface area contributed by atoms with Crippen molar-refractivity contribution in [2.24, 2.45) is 5.10 Å². The summed E-state index contributed by atoms with van der Waals surface area (Å²) in [7, 11) is 1.56. The molecule has 1 aromatic heterocycles. The van der Waals surface area contributed by atoms with Crippen molar-refractivity contribution in [2.75, 3.05) is 13.7 Å². The minimum Gasteiger partial charge on any atom is -0.493 e. The third-order valence-corrected chi connectivity index (χ3v) is 4.51. The average Bonchev–Trinajstić information content (AvgIpc) is 2.80. The summed E-state index contributed by atoms with van der Waals surface area (Å²) in [6, 6.07) is 18.1. The van der Waals surface area contributed by atoms with Crippen LogP contribution in [0.5, 0.6) is 11.5 Å². The Balaban J connectivity index is 1.75. The molecule has 7 nitrogen and oxygen atoms in total. The van der Waals surface area contributed by atoms with E-state index in [2.05, 4.69) is 10.5 Å². The molecule has 0 bridgehead atoms. The molecule has 0 unspecified atom stereocenters. The first-order chi connectivity index (χ1) is 15.1. The van der Waals surface area contributed by atoms with E-state index in [9.17, 15) is 9.59 Å². The third kappa shape index (κ3) is 5.60. The first-order valence-corrected chi connectivity index (χ1v) is 10.0. The van der Waals surface area contributed by atoms with Crippen molar-refractivity contribution in [3.8, 4) is 11.5 Å². The second-order valence-corrected chi connectivity index (χ2v) is 6.77. The second kappa shape index (κ2) is 10.8. The predicted molar refractivity (Wildman–Crippen MR) is 120 cm³/mol. The predicted octanol–water partition coefficient (Wildman–Crippen LogP) is 3.46. The van der Waals surface area contributed by atoms with Gasteiger partial charge in [0.1, 0.15) is 5.56 Å². The lowest BCUT2D eigenvalue weighted by atomic mass is 10.2. The lowest BCUT2D eigenvalue weighted by Gasteiger charge is -2.12. The average molecular weight is 419 g/mol. The van der Waals surface area contributed by atoms with Crippen LogP contribution in [0.25, 0.3) is 0 Å². The van der Waals surface area contributed by atoms with Gasteiger partial charge in [0.05, 0.1) is 26.5 Å². The van der Waals surface area contributed by atoms with Gasteiger partial charge >= 0.3 is 0 Å². The van der Waals surface area contributed by atoms with Gasteiger partial charge in [-0.25, -0.2) is 5.43 Å². The Bertz CT molecular complexity index is 1110. The van der Waals surface area contributed by atoms with E-state index < -0.39 is 5.91 Å². The maximum absolute atomic E-state index is 12.7. The lowest BCUT2D eigenvalue weighted by Crippen LogP contribution is -2.30. The van der Waals surface area contributed by atoms with Crippen LogP contribution in [-0.4, -0.2) is 30.4 Å². The number of hydrazone groups is 1. The first-order valence-electron chi connectivity index (χ1n) is 10.0. The number of benzene rings is 2. The van der Waals surface area contributed by atoms with Crippen LogP contribution in [0.4, 0.5) is 0 Å². The van der Waals surface area contributed by atoms with E-state index in [1.165, 1.54) is 16.8 Å². The van der Waals surface area contributed by atoms with Crippen molar-refractivity contribution in [3.05, 3.63) is 93.9 Å². The van der Waals surface area contributed by atoms with E-state index in [-0.39, 0.29) is 11.1 Å². The van der Waals surface area contributed by atoms with Gasteiger partial charge in [-0.1, -0.05) is 43.3 Å². The maximum Gasteiger partial charge on any atom is 0.276 e. The quantitative estimate of drug-likeness (QED) is 0.425.